The second kappa shape index (κ2) is 4.06. The van der Waals surface area contributed by atoms with Crippen LogP contribution in [0.1, 0.15) is 27.7 Å². The van der Waals surface area contributed by atoms with Crippen LogP contribution < -0.4 is 5.46 Å². The topological polar surface area (TPSA) is 52.6 Å². The number of sulfone groups is 1. The van der Waals surface area contributed by atoms with Crippen LogP contribution >= 0.6 is 11.3 Å². The molecule has 100 valence electrons. The van der Waals surface area contributed by atoms with E-state index in [0.29, 0.717) is 9.67 Å². The molecule has 0 amide bonds. The van der Waals surface area contributed by atoms with Crippen molar-refractivity contribution < 1.29 is 17.7 Å². The fourth-order valence-electron chi connectivity index (χ4n) is 1.75. The maximum absolute atomic E-state index is 11.7. The van der Waals surface area contributed by atoms with Gasteiger partial charge in [-0.2, -0.15) is 0 Å². The van der Waals surface area contributed by atoms with Gasteiger partial charge in [-0.25, -0.2) is 8.42 Å². The summed E-state index contributed by atoms with van der Waals surface area (Å²) in [6.45, 7) is 7.78. The van der Waals surface area contributed by atoms with Crippen LogP contribution in [0.2, 0.25) is 0 Å². The molecule has 1 aliphatic heterocycles. The van der Waals surface area contributed by atoms with Gasteiger partial charge in [0, 0.05) is 11.7 Å². The summed E-state index contributed by atoms with van der Waals surface area (Å²) >= 11 is 1.20. The molecule has 1 fully saturated rings. The van der Waals surface area contributed by atoms with Crippen LogP contribution in [-0.2, 0) is 19.1 Å². The first kappa shape index (κ1) is 14.1. The minimum atomic E-state index is -3.24. The SMILES string of the molecule is CC1(C)OB(c2ccsc2S(C)(=O)=O)OC1(C)C. The molecular weight excluding hydrogens is 271 g/mol. The predicted molar refractivity (Wildman–Crippen MR) is 73.1 cm³/mol. The van der Waals surface area contributed by atoms with E-state index in [1.54, 1.807) is 11.4 Å². The molecule has 1 aliphatic rings. The fraction of sp³-hybridized carbons (Fsp3) is 0.636. The molecule has 7 heteroatoms. The lowest BCUT2D eigenvalue weighted by Gasteiger charge is -2.32. The quantitative estimate of drug-likeness (QED) is 0.773. The summed E-state index contributed by atoms with van der Waals surface area (Å²) in [5.74, 6) is 0. The van der Waals surface area contributed by atoms with Gasteiger partial charge >= 0.3 is 7.12 Å². The molecule has 1 aromatic rings. The molecule has 0 saturated carbocycles. The van der Waals surface area contributed by atoms with E-state index >= 15 is 0 Å². The van der Waals surface area contributed by atoms with Gasteiger partial charge in [0.05, 0.1) is 11.2 Å². The number of hydrogen-bond acceptors (Lipinski definition) is 5. The van der Waals surface area contributed by atoms with Gasteiger partial charge in [-0.15, -0.1) is 11.3 Å². The van der Waals surface area contributed by atoms with Gasteiger partial charge in [0.1, 0.15) is 4.21 Å². The van der Waals surface area contributed by atoms with Gasteiger partial charge in [0.2, 0.25) is 0 Å². The van der Waals surface area contributed by atoms with E-state index in [4.69, 9.17) is 9.31 Å². The fourth-order valence-corrected chi connectivity index (χ4v) is 3.85. The summed E-state index contributed by atoms with van der Waals surface area (Å²) in [4.78, 5) is 0. The third-order valence-electron chi connectivity index (χ3n) is 3.50. The van der Waals surface area contributed by atoms with E-state index in [9.17, 15) is 8.42 Å². The van der Waals surface area contributed by atoms with Crippen molar-refractivity contribution in [3.8, 4) is 0 Å². The van der Waals surface area contributed by atoms with Gasteiger partial charge in [0.25, 0.3) is 0 Å². The number of hydrogen-bond donors (Lipinski definition) is 0. The highest BCUT2D eigenvalue weighted by atomic mass is 32.2. The van der Waals surface area contributed by atoms with Crippen molar-refractivity contribution >= 4 is 33.8 Å². The van der Waals surface area contributed by atoms with Crippen molar-refractivity contribution in [1.82, 2.24) is 0 Å². The zero-order valence-electron chi connectivity index (χ0n) is 11.2. The first-order chi connectivity index (χ1) is 8.05. The van der Waals surface area contributed by atoms with Gasteiger partial charge in [-0.05, 0) is 33.1 Å². The van der Waals surface area contributed by atoms with Crippen molar-refractivity contribution in [3.63, 3.8) is 0 Å². The monoisotopic (exact) mass is 288 g/mol. The summed E-state index contributed by atoms with van der Waals surface area (Å²) in [5.41, 5.74) is -0.330. The average Bonchev–Trinajstić information content (AvgIpc) is 2.68. The summed E-state index contributed by atoms with van der Waals surface area (Å²) in [6, 6.07) is 1.75. The molecule has 18 heavy (non-hydrogen) atoms. The predicted octanol–water partition coefficient (Wildman–Crippen LogP) is 1.45. The zero-order valence-corrected chi connectivity index (χ0v) is 12.8. The lowest BCUT2D eigenvalue weighted by molar-refractivity contribution is 0.00578. The van der Waals surface area contributed by atoms with Gasteiger partial charge in [0.15, 0.2) is 9.84 Å². The van der Waals surface area contributed by atoms with Crippen molar-refractivity contribution in [2.45, 2.75) is 43.1 Å². The van der Waals surface area contributed by atoms with Crippen LogP contribution in [-0.4, -0.2) is 33.0 Å². The highest BCUT2D eigenvalue weighted by Crippen LogP contribution is 2.37. The molecular formula is C11H17BO4S2. The first-order valence-electron chi connectivity index (χ1n) is 5.68. The Labute approximate surface area is 112 Å². The highest BCUT2D eigenvalue weighted by molar-refractivity contribution is 7.93. The van der Waals surface area contributed by atoms with Crippen LogP contribution in [0.25, 0.3) is 0 Å². The molecule has 0 atom stereocenters. The Morgan fingerprint density at radius 2 is 1.67 bits per heavy atom. The first-order valence-corrected chi connectivity index (χ1v) is 8.45. The van der Waals surface area contributed by atoms with Crippen molar-refractivity contribution in [2.75, 3.05) is 6.26 Å². The lowest BCUT2D eigenvalue weighted by Crippen LogP contribution is -2.41. The Bertz CT molecular complexity index is 543. The third kappa shape index (κ3) is 2.24. The molecule has 0 bridgehead atoms. The molecule has 0 radical (unpaired) electrons. The molecule has 0 aromatic carbocycles. The minimum Gasteiger partial charge on any atom is -0.399 e. The normalized spacial score (nSPS) is 22.4. The Morgan fingerprint density at radius 1 is 1.17 bits per heavy atom. The number of thiophene rings is 1. The van der Waals surface area contributed by atoms with E-state index in [1.165, 1.54) is 17.6 Å². The van der Waals surface area contributed by atoms with Gasteiger partial charge < -0.3 is 9.31 Å². The zero-order chi connectivity index (χ0) is 13.8. The summed E-state index contributed by atoms with van der Waals surface area (Å²) in [5, 5.41) is 1.75. The maximum Gasteiger partial charge on any atom is 0.497 e. The number of rotatable bonds is 2. The maximum atomic E-state index is 11.7. The van der Waals surface area contributed by atoms with Gasteiger partial charge in [-0.3, -0.25) is 0 Å². The second-order valence-electron chi connectivity index (χ2n) is 5.52. The molecule has 0 spiro atoms. The van der Waals surface area contributed by atoms with Crippen LogP contribution in [0.5, 0.6) is 0 Å². The average molecular weight is 288 g/mol. The molecule has 1 saturated heterocycles. The molecule has 2 rings (SSSR count). The molecule has 2 heterocycles. The Hall–Kier alpha value is -0.365. The van der Waals surface area contributed by atoms with Gasteiger partial charge in [-0.1, -0.05) is 6.07 Å². The standard InChI is InChI=1S/C11H17BO4S2/c1-10(2)11(3,4)16-12(15-10)8-6-7-17-9(8)18(5,13)14/h6-7H,1-5H3. The molecule has 0 N–H and O–H groups in total. The molecule has 4 nitrogen and oxygen atoms in total. The summed E-state index contributed by atoms with van der Waals surface area (Å²) < 4.78 is 35.4. The minimum absolute atomic E-state index is 0.320. The molecule has 0 unspecified atom stereocenters. The summed E-state index contributed by atoms with van der Waals surface area (Å²) in [6.07, 6.45) is 1.20. The molecule has 1 aromatic heterocycles. The van der Waals surface area contributed by atoms with E-state index in [2.05, 4.69) is 0 Å². The van der Waals surface area contributed by atoms with E-state index < -0.39 is 28.2 Å². The Morgan fingerprint density at radius 3 is 2.11 bits per heavy atom. The van der Waals surface area contributed by atoms with Crippen LogP contribution in [0.15, 0.2) is 15.7 Å². The smallest absolute Gasteiger partial charge is 0.399 e. The Kier molecular flexibility index (Phi) is 3.17. The van der Waals surface area contributed by atoms with Crippen LogP contribution in [0.3, 0.4) is 0 Å². The Balaban J connectivity index is 2.40. The second-order valence-corrected chi connectivity index (χ2v) is 8.65. The van der Waals surface area contributed by atoms with Crippen LogP contribution in [0, 0.1) is 0 Å². The van der Waals surface area contributed by atoms with E-state index in [0.717, 1.165) is 0 Å². The third-order valence-corrected chi connectivity index (χ3v) is 6.33. The van der Waals surface area contributed by atoms with Crippen molar-refractivity contribution in [2.24, 2.45) is 0 Å². The van der Waals surface area contributed by atoms with Crippen molar-refractivity contribution in [1.29, 1.82) is 0 Å². The summed E-state index contributed by atoms with van der Waals surface area (Å²) in [7, 11) is -3.86. The lowest BCUT2D eigenvalue weighted by atomic mass is 9.81. The highest BCUT2D eigenvalue weighted by Gasteiger charge is 2.52. The van der Waals surface area contributed by atoms with Crippen molar-refractivity contribution in [3.05, 3.63) is 11.4 Å². The van der Waals surface area contributed by atoms with E-state index in [-0.39, 0.29) is 0 Å². The van der Waals surface area contributed by atoms with Crippen LogP contribution in [0.4, 0.5) is 0 Å². The largest absolute Gasteiger partial charge is 0.497 e. The molecule has 0 aliphatic carbocycles. The van der Waals surface area contributed by atoms with E-state index in [1.807, 2.05) is 27.7 Å².